The van der Waals surface area contributed by atoms with Crippen molar-refractivity contribution in [3.05, 3.63) is 51.4 Å². The Labute approximate surface area is 113 Å². The fourth-order valence-corrected chi connectivity index (χ4v) is 3.37. The van der Waals surface area contributed by atoms with E-state index in [1.54, 1.807) is 11.3 Å². The first-order valence-corrected chi connectivity index (χ1v) is 7.09. The zero-order valence-corrected chi connectivity index (χ0v) is 11.9. The van der Waals surface area contributed by atoms with Gasteiger partial charge in [-0.15, -0.1) is 11.3 Å². The van der Waals surface area contributed by atoms with E-state index in [4.69, 9.17) is 11.6 Å². The maximum Gasteiger partial charge on any atom is 0.0931 e. The molecule has 0 spiro atoms. The number of rotatable bonds is 3. The minimum Gasteiger partial charge on any atom is -0.261 e. The van der Waals surface area contributed by atoms with Crippen molar-refractivity contribution in [2.45, 2.75) is 17.7 Å². The maximum absolute atomic E-state index is 5.94. The molecule has 2 heterocycles. The molecule has 84 valence electrons. The minimum absolute atomic E-state index is 0.264. The lowest BCUT2D eigenvalue weighted by atomic mass is 10.0. The highest BCUT2D eigenvalue weighted by Crippen LogP contribution is 2.40. The van der Waals surface area contributed by atoms with Crippen LogP contribution in [-0.4, -0.2) is 4.98 Å². The lowest BCUT2D eigenvalue weighted by Gasteiger charge is -2.16. The Bertz CT molecular complexity index is 457. The van der Waals surface area contributed by atoms with Gasteiger partial charge in [-0.05, 0) is 24.3 Å². The van der Waals surface area contributed by atoms with Gasteiger partial charge >= 0.3 is 0 Å². The third-order valence-corrected chi connectivity index (χ3v) is 5.36. The number of hydrogen-bond acceptors (Lipinski definition) is 2. The molecule has 0 saturated heterocycles. The number of hydrogen-bond donors (Lipinski definition) is 0. The standard InChI is InChI=1S/C12H11BrClNS/c1-8(9-4-2-3-7-15-9)12(13)10-5-6-11(14)16-10/h2-8,12H,1H3. The van der Waals surface area contributed by atoms with E-state index in [9.17, 15) is 0 Å². The van der Waals surface area contributed by atoms with Gasteiger partial charge in [-0.1, -0.05) is 40.5 Å². The number of alkyl halides is 1. The monoisotopic (exact) mass is 315 g/mol. The largest absolute Gasteiger partial charge is 0.261 e. The number of pyridine rings is 1. The summed E-state index contributed by atoms with van der Waals surface area (Å²) in [6, 6.07) is 9.99. The Morgan fingerprint density at radius 2 is 2.12 bits per heavy atom. The molecular weight excluding hydrogens is 306 g/mol. The number of aromatic nitrogens is 1. The molecule has 0 N–H and O–H groups in total. The molecule has 0 radical (unpaired) electrons. The molecule has 0 aliphatic carbocycles. The Morgan fingerprint density at radius 1 is 1.31 bits per heavy atom. The van der Waals surface area contributed by atoms with Gasteiger partial charge in [0.15, 0.2) is 0 Å². The molecule has 2 unspecified atom stereocenters. The summed E-state index contributed by atoms with van der Waals surface area (Å²) in [5.74, 6) is 0.330. The lowest BCUT2D eigenvalue weighted by molar-refractivity contribution is 0.732. The molecular formula is C12H11BrClNS. The van der Waals surface area contributed by atoms with E-state index in [1.807, 2.05) is 30.5 Å². The van der Waals surface area contributed by atoms with Crippen molar-refractivity contribution < 1.29 is 0 Å². The van der Waals surface area contributed by atoms with E-state index in [-0.39, 0.29) is 4.83 Å². The van der Waals surface area contributed by atoms with Crippen LogP contribution in [0.2, 0.25) is 4.34 Å². The van der Waals surface area contributed by atoms with E-state index in [2.05, 4.69) is 33.9 Å². The predicted molar refractivity (Wildman–Crippen MR) is 73.6 cm³/mol. The molecule has 0 amide bonds. The van der Waals surface area contributed by atoms with Crippen molar-refractivity contribution in [3.8, 4) is 0 Å². The molecule has 2 rings (SSSR count). The second kappa shape index (κ2) is 5.30. The zero-order chi connectivity index (χ0) is 11.5. The fraction of sp³-hybridized carbons (Fsp3) is 0.250. The van der Waals surface area contributed by atoms with Crippen molar-refractivity contribution in [2.24, 2.45) is 0 Å². The first-order chi connectivity index (χ1) is 7.68. The van der Waals surface area contributed by atoms with E-state index >= 15 is 0 Å². The summed E-state index contributed by atoms with van der Waals surface area (Å²) in [7, 11) is 0. The summed E-state index contributed by atoms with van der Waals surface area (Å²) in [6.45, 7) is 2.16. The van der Waals surface area contributed by atoms with Crippen molar-refractivity contribution in [1.82, 2.24) is 4.98 Å². The van der Waals surface area contributed by atoms with Crippen LogP contribution < -0.4 is 0 Å². The number of thiophene rings is 1. The molecule has 0 saturated carbocycles. The molecule has 0 aliphatic rings. The van der Waals surface area contributed by atoms with Crippen LogP contribution in [0, 0.1) is 0 Å². The molecule has 1 nitrogen and oxygen atoms in total. The van der Waals surface area contributed by atoms with Gasteiger partial charge in [0, 0.05) is 22.7 Å². The van der Waals surface area contributed by atoms with Gasteiger partial charge < -0.3 is 0 Å². The summed E-state index contributed by atoms with van der Waals surface area (Å²) in [5.41, 5.74) is 1.09. The average Bonchev–Trinajstić information content (AvgIpc) is 2.75. The van der Waals surface area contributed by atoms with Crippen LogP contribution in [0.4, 0.5) is 0 Å². The van der Waals surface area contributed by atoms with Crippen LogP contribution in [-0.2, 0) is 0 Å². The van der Waals surface area contributed by atoms with Crippen LogP contribution in [0.3, 0.4) is 0 Å². The second-order valence-electron chi connectivity index (χ2n) is 3.59. The second-order valence-corrected chi connectivity index (χ2v) is 6.32. The lowest BCUT2D eigenvalue weighted by Crippen LogP contribution is -2.02. The Morgan fingerprint density at radius 3 is 2.69 bits per heavy atom. The van der Waals surface area contributed by atoms with Gasteiger partial charge in [0.25, 0.3) is 0 Å². The predicted octanol–water partition coefficient (Wildman–Crippen LogP) is 5.04. The summed E-state index contributed by atoms with van der Waals surface area (Å²) < 4.78 is 0.827. The van der Waals surface area contributed by atoms with E-state index in [0.717, 1.165) is 10.0 Å². The first-order valence-electron chi connectivity index (χ1n) is 4.98. The molecule has 0 aliphatic heterocycles. The van der Waals surface area contributed by atoms with Crippen LogP contribution in [0.15, 0.2) is 36.5 Å². The van der Waals surface area contributed by atoms with E-state index in [1.165, 1.54) is 4.88 Å². The van der Waals surface area contributed by atoms with Crippen LogP contribution in [0.25, 0.3) is 0 Å². The highest BCUT2D eigenvalue weighted by atomic mass is 79.9. The average molecular weight is 317 g/mol. The maximum atomic E-state index is 5.94. The van der Waals surface area contributed by atoms with Crippen molar-refractivity contribution in [2.75, 3.05) is 0 Å². The molecule has 0 bridgehead atoms. The van der Waals surface area contributed by atoms with Gasteiger partial charge in [-0.25, -0.2) is 0 Å². The van der Waals surface area contributed by atoms with E-state index in [0.29, 0.717) is 5.92 Å². The van der Waals surface area contributed by atoms with E-state index < -0.39 is 0 Å². The molecule has 2 aromatic heterocycles. The topological polar surface area (TPSA) is 12.9 Å². The number of halogens is 2. The van der Waals surface area contributed by atoms with Gasteiger partial charge in [-0.2, -0.15) is 0 Å². The van der Waals surface area contributed by atoms with Crippen molar-refractivity contribution in [1.29, 1.82) is 0 Å². The summed E-state index contributed by atoms with van der Waals surface area (Å²) >= 11 is 11.3. The third-order valence-electron chi connectivity index (χ3n) is 2.46. The molecule has 16 heavy (non-hydrogen) atoms. The third kappa shape index (κ3) is 2.65. The summed E-state index contributed by atoms with van der Waals surface area (Å²) in [4.78, 5) is 5.88. The summed E-state index contributed by atoms with van der Waals surface area (Å²) in [6.07, 6.45) is 1.83. The van der Waals surface area contributed by atoms with Crippen molar-refractivity contribution in [3.63, 3.8) is 0 Å². The van der Waals surface area contributed by atoms with Gasteiger partial charge in [0.2, 0.25) is 0 Å². The molecule has 2 aromatic rings. The first kappa shape index (κ1) is 12.1. The Balaban J connectivity index is 2.19. The highest BCUT2D eigenvalue weighted by Gasteiger charge is 2.20. The zero-order valence-electron chi connectivity index (χ0n) is 8.73. The van der Waals surface area contributed by atoms with Gasteiger partial charge in [-0.3, -0.25) is 4.98 Å². The summed E-state index contributed by atoms with van der Waals surface area (Å²) in [5, 5.41) is 0. The van der Waals surface area contributed by atoms with Crippen LogP contribution >= 0.6 is 38.9 Å². The van der Waals surface area contributed by atoms with Gasteiger partial charge in [0.05, 0.1) is 9.16 Å². The molecule has 4 heteroatoms. The fourth-order valence-electron chi connectivity index (χ4n) is 1.52. The SMILES string of the molecule is CC(c1ccccn1)C(Br)c1ccc(Cl)s1. The smallest absolute Gasteiger partial charge is 0.0931 e. The number of nitrogens with zero attached hydrogens (tertiary/aromatic N) is 1. The van der Waals surface area contributed by atoms with Crippen LogP contribution in [0.1, 0.15) is 28.2 Å². The normalized spacial score (nSPS) is 14.7. The van der Waals surface area contributed by atoms with Crippen molar-refractivity contribution >= 4 is 38.9 Å². The van der Waals surface area contributed by atoms with Crippen LogP contribution in [0.5, 0.6) is 0 Å². The Hall–Kier alpha value is -0.380. The molecule has 0 aromatic carbocycles. The highest BCUT2D eigenvalue weighted by molar-refractivity contribution is 9.09. The quantitative estimate of drug-likeness (QED) is 0.723. The van der Waals surface area contributed by atoms with Gasteiger partial charge in [0.1, 0.15) is 0 Å². The Kier molecular flexibility index (Phi) is 4.00. The molecule has 0 fully saturated rings. The minimum atomic E-state index is 0.264. The molecule has 2 atom stereocenters.